The third kappa shape index (κ3) is 3.54. The fraction of sp³-hybridized carbons (Fsp3) is 0.650. The zero-order chi connectivity index (χ0) is 20.8. The molecule has 1 aliphatic heterocycles. The van der Waals surface area contributed by atoms with Gasteiger partial charge in [-0.05, 0) is 18.3 Å². The van der Waals surface area contributed by atoms with Crippen LogP contribution in [-0.4, -0.2) is 53.0 Å². The number of nitrogens with one attached hydrogen (secondary N) is 2. The maximum absolute atomic E-state index is 12.7. The number of carbonyl (C=O) groups is 2. The topological polar surface area (TPSA) is 113 Å². The van der Waals surface area contributed by atoms with Gasteiger partial charge in [-0.15, -0.1) is 0 Å². The van der Waals surface area contributed by atoms with Gasteiger partial charge in [-0.2, -0.15) is 4.98 Å². The Balaban J connectivity index is 1.26. The van der Waals surface area contributed by atoms with Crippen LogP contribution in [0.25, 0.3) is 0 Å². The molecule has 1 saturated carbocycles. The zero-order valence-electron chi connectivity index (χ0n) is 17.3. The molecule has 1 saturated heterocycles. The molecule has 2 N–H and O–H groups in total. The van der Waals surface area contributed by atoms with Crippen LogP contribution >= 0.6 is 0 Å². The molecule has 2 bridgehead atoms. The summed E-state index contributed by atoms with van der Waals surface area (Å²) in [5.41, 5.74) is -0.201. The van der Waals surface area contributed by atoms with Crippen LogP contribution < -0.4 is 10.6 Å². The molecule has 156 valence electrons. The Morgan fingerprint density at radius 2 is 1.86 bits per heavy atom. The minimum absolute atomic E-state index is 0.0249. The van der Waals surface area contributed by atoms with E-state index in [-0.39, 0.29) is 40.9 Å². The number of carbonyl (C=O) groups excluding carboxylic acids is 2. The fourth-order valence-electron chi connectivity index (χ4n) is 4.48. The summed E-state index contributed by atoms with van der Waals surface area (Å²) < 4.78 is 5.28. The minimum Gasteiger partial charge on any atom is -0.355 e. The predicted octanol–water partition coefficient (Wildman–Crippen LogP) is 0.839. The van der Waals surface area contributed by atoms with Gasteiger partial charge in [-0.25, -0.2) is 0 Å². The summed E-state index contributed by atoms with van der Waals surface area (Å²) in [5, 5.41) is 10.2. The van der Waals surface area contributed by atoms with Crippen molar-refractivity contribution in [2.45, 2.75) is 39.2 Å². The van der Waals surface area contributed by atoms with Gasteiger partial charge >= 0.3 is 0 Å². The normalized spacial score (nSPS) is 28.4. The van der Waals surface area contributed by atoms with Crippen molar-refractivity contribution < 1.29 is 14.1 Å². The SMILES string of the molecule is CN=C(NCCN1C(=O)C2C3C=CC(C3)C2C1=O)NCc1noc(C(C)(C)C)n1. The molecule has 2 heterocycles. The minimum atomic E-state index is -0.201. The second kappa shape index (κ2) is 7.27. The number of likely N-dealkylation sites (tertiary alicyclic amines) is 1. The van der Waals surface area contributed by atoms with Crippen LogP contribution in [0.3, 0.4) is 0 Å². The van der Waals surface area contributed by atoms with E-state index < -0.39 is 0 Å². The van der Waals surface area contributed by atoms with Gasteiger partial charge in [0.2, 0.25) is 17.7 Å². The van der Waals surface area contributed by atoms with Gasteiger partial charge in [0.05, 0.1) is 18.4 Å². The molecule has 0 spiro atoms. The van der Waals surface area contributed by atoms with Crippen LogP contribution in [0.15, 0.2) is 21.7 Å². The highest BCUT2D eigenvalue weighted by molar-refractivity contribution is 6.06. The molecule has 9 heteroatoms. The molecule has 4 unspecified atom stereocenters. The molecule has 1 aromatic heterocycles. The standard InChI is InChI=1S/C20H28N6O3/c1-20(2,3)18-24-13(25-29-18)10-23-19(21-4)22-7-8-26-16(27)14-11-5-6-12(9-11)15(14)17(26)28/h5-6,11-12,14-15H,7-10H2,1-4H3,(H2,21,22,23). The Morgan fingerprint density at radius 3 is 2.41 bits per heavy atom. The highest BCUT2D eigenvalue weighted by Crippen LogP contribution is 2.52. The maximum Gasteiger partial charge on any atom is 0.233 e. The van der Waals surface area contributed by atoms with E-state index in [1.807, 2.05) is 20.8 Å². The van der Waals surface area contributed by atoms with Crippen LogP contribution in [0.2, 0.25) is 0 Å². The molecule has 4 atom stereocenters. The van der Waals surface area contributed by atoms with E-state index in [1.54, 1.807) is 7.05 Å². The van der Waals surface area contributed by atoms with Crippen LogP contribution in [0.5, 0.6) is 0 Å². The predicted molar refractivity (Wildman–Crippen MR) is 106 cm³/mol. The molecule has 0 radical (unpaired) electrons. The molecule has 3 aliphatic rings. The Hall–Kier alpha value is -2.71. The highest BCUT2D eigenvalue weighted by atomic mass is 16.5. The number of aliphatic imine (C=N–C) groups is 1. The lowest BCUT2D eigenvalue weighted by Gasteiger charge is -2.18. The lowest BCUT2D eigenvalue weighted by molar-refractivity contribution is -0.140. The number of fused-ring (bicyclic) bond motifs is 5. The van der Waals surface area contributed by atoms with E-state index in [0.29, 0.717) is 37.3 Å². The number of allylic oxidation sites excluding steroid dienone is 2. The lowest BCUT2D eigenvalue weighted by atomic mass is 9.85. The monoisotopic (exact) mass is 400 g/mol. The van der Waals surface area contributed by atoms with Crippen molar-refractivity contribution in [1.29, 1.82) is 0 Å². The first-order valence-corrected chi connectivity index (χ1v) is 10.1. The zero-order valence-corrected chi connectivity index (χ0v) is 17.3. The van der Waals surface area contributed by atoms with E-state index in [4.69, 9.17) is 4.52 Å². The first kappa shape index (κ1) is 19.6. The van der Waals surface area contributed by atoms with E-state index in [2.05, 4.69) is 37.9 Å². The van der Waals surface area contributed by atoms with Gasteiger partial charge in [-0.3, -0.25) is 19.5 Å². The number of hydrogen-bond donors (Lipinski definition) is 2. The molecule has 2 amide bonds. The molecule has 1 aromatic rings. The summed E-state index contributed by atoms with van der Waals surface area (Å²) in [6.45, 7) is 7.15. The van der Waals surface area contributed by atoms with Gasteiger partial charge in [-0.1, -0.05) is 38.1 Å². The van der Waals surface area contributed by atoms with Crippen molar-refractivity contribution >= 4 is 17.8 Å². The molecule has 2 fully saturated rings. The van der Waals surface area contributed by atoms with Crippen molar-refractivity contribution in [1.82, 2.24) is 25.7 Å². The second-order valence-corrected chi connectivity index (χ2v) is 8.95. The molecule has 2 aliphatic carbocycles. The summed E-state index contributed by atoms with van der Waals surface area (Å²) in [7, 11) is 1.66. The summed E-state index contributed by atoms with van der Waals surface area (Å²) in [5.74, 6) is 1.80. The Morgan fingerprint density at radius 1 is 1.21 bits per heavy atom. The third-order valence-electron chi connectivity index (χ3n) is 5.94. The van der Waals surface area contributed by atoms with Crippen LogP contribution in [0, 0.1) is 23.7 Å². The van der Waals surface area contributed by atoms with E-state index in [9.17, 15) is 9.59 Å². The van der Waals surface area contributed by atoms with Crippen molar-refractivity contribution in [3.05, 3.63) is 23.9 Å². The van der Waals surface area contributed by atoms with Crippen LogP contribution in [-0.2, 0) is 21.5 Å². The highest BCUT2D eigenvalue weighted by Gasteiger charge is 2.58. The Bertz CT molecular complexity index is 838. The quantitative estimate of drug-likeness (QED) is 0.326. The second-order valence-electron chi connectivity index (χ2n) is 8.95. The molecule has 9 nitrogen and oxygen atoms in total. The van der Waals surface area contributed by atoms with Crippen molar-refractivity contribution in [3.63, 3.8) is 0 Å². The molecule has 29 heavy (non-hydrogen) atoms. The molecular weight excluding hydrogens is 372 g/mol. The summed E-state index contributed by atoms with van der Waals surface area (Å²) in [6.07, 6.45) is 5.16. The summed E-state index contributed by atoms with van der Waals surface area (Å²) in [6, 6.07) is 0. The van der Waals surface area contributed by atoms with E-state index in [0.717, 1.165) is 6.42 Å². The lowest BCUT2D eigenvalue weighted by Crippen LogP contribution is -2.43. The van der Waals surface area contributed by atoms with Gasteiger partial charge in [0.25, 0.3) is 0 Å². The molecule has 4 rings (SSSR count). The van der Waals surface area contributed by atoms with E-state index in [1.165, 1.54) is 4.90 Å². The van der Waals surface area contributed by atoms with Crippen molar-refractivity contribution in [2.24, 2.45) is 28.7 Å². The van der Waals surface area contributed by atoms with Gasteiger partial charge < -0.3 is 15.2 Å². The number of nitrogens with zero attached hydrogens (tertiary/aromatic N) is 4. The fourth-order valence-corrected chi connectivity index (χ4v) is 4.48. The number of aromatic nitrogens is 2. The van der Waals surface area contributed by atoms with Gasteiger partial charge in [0.1, 0.15) is 0 Å². The van der Waals surface area contributed by atoms with Crippen molar-refractivity contribution in [2.75, 3.05) is 20.1 Å². The number of guanidine groups is 1. The summed E-state index contributed by atoms with van der Waals surface area (Å²) in [4.78, 5) is 35.3. The largest absolute Gasteiger partial charge is 0.355 e. The Kier molecular flexibility index (Phi) is 4.92. The number of amides is 2. The third-order valence-corrected chi connectivity index (χ3v) is 5.94. The summed E-state index contributed by atoms with van der Waals surface area (Å²) >= 11 is 0. The molecule has 0 aromatic carbocycles. The van der Waals surface area contributed by atoms with Gasteiger partial charge in [0, 0.05) is 25.6 Å². The van der Waals surface area contributed by atoms with Crippen LogP contribution in [0.4, 0.5) is 0 Å². The average molecular weight is 400 g/mol. The molecular formula is C20H28N6O3. The first-order valence-electron chi connectivity index (χ1n) is 10.1. The maximum atomic E-state index is 12.7. The van der Waals surface area contributed by atoms with Gasteiger partial charge in [0.15, 0.2) is 11.8 Å². The Labute approximate surface area is 170 Å². The smallest absolute Gasteiger partial charge is 0.233 e. The van der Waals surface area contributed by atoms with E-state index >= 15 is 0 Å². The van der Waals surface area contributed by atoms with Crippen molar-refractivity contribution in [3.8, 4) is 0 Å². The number of rotatable bonds is 5. The number of hydrogen-bond acceptors (Lipinski definition) is 6. The average Bonchev–Trinajstić information content (AvgIpc) is 3.43. The number of imide groups is 1. The van der Waals surface area contributed by atoms with Crippen LogP contribution in [0.1, 0.15) is 38.9 Å². The first-order chi connectivity index (χ1) is 13.8.